The Kier molecular flexibility index (Phi) is 2.70. The zero-order chi connectivity index (χ0) is 12.7. The average Bonchev–Trinajstić information content (AvgIpc) is 3.17. The zero-order valence-corrected chi connectivity index (χ0v) is 11.2. The number of ether oxygens (including phenoxy) is 1. The third-order valence-corrected chi connectivity index (χ3v) is 4.23. The lowest BCUT2D eigenvalue weighted by Gasteiger charge is -2.02. The molecule has 94 valence electrons. The average molecular weight is 262 g/mol. The van der Waals surface area contributed by atoms with Gasteiger partial charge in [0, 0.05) is 13.0 Å². The molecule has 0 unspecified atom stereocenters. The normalized spacial score (nSPS) is 16.2. The monoisotopic (exact) mass is 262 g/mol. The molecule has 1 fully saturated rings. The number of carbonyl (C=O) groups excluding carboxylic acids is 1. The number of aromatic nitrogens is 1. The van der Waals surface area contributed by atoms with E-state index >= 15 is 0 Å². The summed E-state index contributed by atoms with van der Waals surface area (Å²) in [6, 6.07) is 5.88. The Balaban J connectivity index is 2.19. The van der Waals surface area contributed by atoms with Crippen LogP contribution in [-0.4, -0.2) is 17.6 Å². The van der Waals surface area contributed by atoms with E-state index in [1.165, 1.54) is 11.3 Å². The Morgan fingerprint density at radius 1 is 1.50 bits per heavy atom. The van der Waals surface area contributed by atoms with Crippen LogP contribution >= 0.6 is 11.3 Å². The fourth-order valence-electron chi connectivity index (χ4n) is 1.96. The van der Waals surface area contributed by atoms with Gasteiger partial charge in [0.15, 0.2) is 4.80 Å². The number of fused-ring (bicyclic) bond motifs is 1. The molecule has 1 heterocycles. The summed E-state index contributed by atoms with van der Waals surface area (Å²) in [6.45, 7) is 0. The van der Waals surface area contributed by atoms with Gasteiger partial charge in [-0.25, -0.2) is 0 Å². The zero-order valence-electron chi connectivity index (χ0n) is 10.3. The topological polar surface area (TPSA) is 43.6 Å². The standard InChI is InChI=1S/C13H14N2O2S/c1-15-11-9(17-2)4-3-5-10(11)18-13(15)14-12(16)8-6-7-8/h3-5,8H,6-7H2,1-2H3. The lowest BCUT2D eigenvalue weighted by atomic mass is 10.3. The van der Waals surface area contributed by atoms with Crippen molar-refractivity contribution in [1.29, 1.82) is 0 Å². The minimum Gasteiger partial charge on any atom is -0.495 e. The molecule has 1 aromatic carbocycles. The SMILES string of the molecule is COc1cccc2sc(=NC(=O)C3CC3)n(C)c12. The molecule has 1 amide bonds. The van der Waals surface area contributed by atoms with Gasteiger partial charge in [-0.3, -0.25) is 4.79 Å². The van der Waals surface area contributed by atoms with Gasteiger partial charge < -0.3 is 9.30 Å². The number of rotatable bonds is 2. The number of hydrogen-bond donors (Lipinski definition) is 0. The number of benzene rings is 1. The molecule has 0 bridgehead atoms. The second-order valence-electron chi connectivity index (χ2n) is 4.47. The summed E-state index contributed by atoms with van der Waals surface area (Å²) in [7, 11) is 3.57. The quantitative estimate of drug-likeness (QED) is 0.831. The molecule has 4 nitrogen and oxygen atoms in total. The lowest BCUT2D eigenvalue weighted by Crippen LogP contribution is -2.14. The molecule has 1 aliphatic rings. The summed E-state index contributed by atoms with van der Waals surface area (Å²) < 4.78 is 8.36. The van der Waals surface area contributed by atoms with Crippen molar-refractivity contribution in [2.75, 3.05) is 7.11 Å². The Morgan fingerprint density at radius 2 is 2.28 bits per heavy atom. The highest BCUT2D eigenvalue weighted by Crippen LogP contribution is 2.30. The maximum Gasteiger partial charge on any atom is 0.251 e. The van der Waals surface area contributed by atoms with E-state index in [0.717, 1.165) is 33.6 Å². The number of carbonyl (C=O) groups is 1. The van der Waals surface area contributed by atoms with E-state index in [2.05, 4.69) is 4.99 Å². The molecule has 2 aromatic rings. The van der Waals surface area contributed by atoms with Crippen LogP contribution in [0.4, 0.5) is 0 Å². The van der Waals surface area contributed by atoms with Crippen LogP contribution in [-0.2, 0) is 11.8 Å². The molecule has 0 aliphatic heterocycles. The largest absolute Gasteiger partial charge is 0.495 e. The minimum absolute atomic E-state index is 0.0103. The Morgan fingerprint density at radius 3 is 2.94 bits per heavy atom. The van der Waals surface area contributed by atoms with E-state index in [4.69, 9.17) is 4.74 Å². The summed E-state index contributed by atoms with van der Waals surface area (Å²) in [5.41, 5.74) is 0.993. The first-order valence-electron chi connectivity index (χ1n) is 5.92. The van der Waals surface area contributed by atoms with Crippen LogP contribution < -0.4 is 9.54 Å². The third kappa shape index (κ3) is 1.84. The van der Waals surface area contributed by atoms with Crippen molar-refractivity contribution >= 4 is 27.5 Å². The maximum absolute atomic E-state index is 11.8. The fourth-order valence-corrected chi connectivity index (χ4v) is 3.00. The Bertz CT molecular complexity index is 680. The third-order valence-electron chi connectivity index (χ3n) is 3.14. The summed E-state index contributed by atoms with van der Waals surface area (Å²) in [5.74, 6) is 0.986. The van der Waals surface area contributed by atoms with Gasteiger partial charge in [-0.1, -0.05) is 17.4 Å². The smallest absolute Gasteiger partial charge is 0.251 e. The maximum atomic E-state index is 11.8. The van der Waals surface area contributed by atoms with Crippen molar-refractivity contribution in [3.63, 3.8) is 0 Å². The number of para-hydroxylation sites is 1. The molecular formula is C13H14N2O2S. The summed E-state index contributed by atoms with van der Waals surface area (Å²) in [6.07, 6.45) is 1.97. The first-order chi connectivity index (χ1) is 8.70. The van der Waals surface area contributed by atoms with Crippen molar-refractivity contribution in [1.82, 2.24) is 4.57 Å². The van der Waals surface area contributed by atoms with E-state index < -0.39 is 0 Å². The number of amides is 1. The predicted octanol–water partition coefficient (Wildman–Crippen LogP) is 2.09. The fraction of sp³-hybridized carbons (Fsp3) is 0.385. The first-order valence-corrected chi connectivity index (χ1v) is 6.73. The van der Waals surface area contributed by atoms with E-state index in [1.54, 1.807) is 7.11 Å². The summed E-state index contributed by atoms with van der Waals surface area (Å²) in [5, 5.41) is 0. The highest BCUT2D eigenvalue weighted by atomic mass is 32.1. The van der Waals surface area contributed by atoms with Crippen molar-refractivity contribution < 1.29 is 9.53 Å². The van der Waals surface area contributed by atoms with Crippen LogP contribution in [0.1, 0.15) is 12.8 Å². The highest BCUT2D eigenvalue weighted by Gasteiger charge is 2.29. The van der Waals surface area contributed by atoms with Gasteiger partial charge in [-0.15, -0.1) is 0 Å². The van der Waals surface area contributed by atoms with E-state index in [9.17, 15) is 4.79 Å². The minimum atomic E-state index is 0.0103. The second-order valence-corrected chi connectivity index (χ2v) is 5.48. The predicted molar refractivity (Wildman–Crippen MR) is 70.6 cm³/mol. The molecule has 5 heteroatoms. The van der Waals surface area contributed by atoms with Gasteiger partial charge in [0.2, 0.25) is 0 Å². The molecule has 0 N–H and O–H groups in total. The second kappa shape index (κ2) is 4.24. The molecule has 0 saturated heterocycles. The molecule has 1 aliphatic carbocycles. The van der Waals surface area contributed by atoms with Crippen molar-refractivity contribution in [3.05, 3.63) is 23.0 Å². The van der Waals surface area contributed by atoms with Gasteiger partial charge in [-0.05, 0) is 25.0 Å². The van der Waals surface area contributed by atoms with Gasteiger partial charge in [0.1, 0.15) is 11.3 Å². The number of aryl methyl sites for hydroxylation is 1. The molecule has 0 spiro atoms. The van der Waals surface area contributed by atoms with Crippen LogP contribution in [0.5, 0.6) is 5.75 Å². The van der Waals surface area contributed by atoms with E-state index in [-0.39, 0.29) is 11.8 Å². The van der Waals surface area contributed by atoms with Gasteiger partial charge in [0.05, 0.1) is 11.8 Å². The van der Waals surface area contributed by atoms with Crippen LogP contribution in [0.25, 0.3) is 10.2 Å². The number of hydrogen-bond acceptors (Lipinski definition) is 3. The Labute approximate surface area is 109 Å². The molecule has 1 aromatic heterocycles. The molecule has 0 radical (unpaired) electrons. The molecule has 18 heavy (non-hydrogen) atoms. The van der Waals surface area contributed by atoms with Crippen LogP contribution in [0.15, 0.2) is 23.2 Å². The molecular weight excluding hydrogens is 248 g/mol. The summed E-state index contributed by atoms with van der Waals surface area (Å²) >= 11 is 1.52. The molecule has 1 saturated carbocycles. The lowest BCUT2D eigenvalue weighted by molar-refractivity contribution is -0.119. The molecule has 0 atom stereocenters. The van der Waals surface area contributed by atoms with Crippen molar-refractivity contribution in [3.8, 4) is 5.75 Å². The van der Waals surface area contributed by atoms with E-state index in [1.807, 2.05) is 29.8 Å². The van der Waals surface area contributed by atoms with Gasteiger partial charge >= 0.3 is 0 Å². The Hall–Kier alpha value is -1.62. The number of methoxy groups -OCH3 is 1. The van der Waals surface area contributed by atoms with Crippen LogP contribution in [0.2, 0.25) is 0 Å². The number of thiazole rings is 1. The van der Waals surface area contributed by atoms with Crippen molar-refractivity contribution in [2.24, 2.45) is 18.0 Å². The van der Waals surface area contributed by atoms with Crippen LogP contribution in [0, 0.1) is 5.92 Å². The highest BCUT2D eigenvalue weighted by molar-refractivity contribution is 7.16. The van der Waals surface area contributed by atoms with Crippen molar-refractivity contribution in [2.45, 2.75) is 12.8 Å². The van der Waals surface area contributed by atoms with Gasteiger partial charge in [-0.2, -0.15) is 4.99 Å². The van der Waals surface area contributed by atoms with Gasteiger partial charge in [0.25, 0.3) is 5.91 Å². The first kappa shape index (κ1) is 11.5. The van der Waals surface area contributed by atoms with E-state index in [0.29, 0.717) is 0 Å². The summed E-state index contributed by atoms with van der Waals surface area (Å²) in [4.78, 5) is 16.7. The molecule has 3 rings (SSSR count). The van der Waals surface area contributed by atoms with Crippen LogP contribution in [0.3, 0.4) is 0 Å². The number of nitrogens with zero attached hydrogens (tertiary/aromatic N) is 2.